The lowest BCUT2D eigenvalue weighted by molar-refractivity contribution is -0.168. The first kappa shape index (κ1) is 19.2. The molecule has 26 heavy (non-hydrogen) atoms. The van der Waals surface area contributed by atoms with Gasteiger partial charge in [0.2, 0.25) is 6.29 Å². The number of allylic oxidation sites excluding steroid dienone is 1. The maximum atomic E-state index is 12.6. The molecule has 2 aliphatic carbocycles. The summed E-state index contributed by atoms with van der Waals surface area (Å²) >= 11 is 0. The molecule has 0 saturated heterocycles. The van der Waals surface area contributed by atoms with E-state index in [2.05, 4.69) is 20.4 Å². The summed E-state index contributed by atoms with van der Waals surface area (Å²) in [5.41, 5.74) is 1.27. The van der Waals surface area contributed by atoms with Crippen molar-refractivity contribution >= 4 is 11.9 Å². The van der Waals surface area contributed by atoms with Crippen LogP contribution in [0.1, 0.15) is 58.8 Å². The predicted molar refractivity (Wildman–Crippen MR) is 96.9 cm³/mol. The van der Waals surface area contributed by atoms with E-state index in [0.29, 0.717) is 12.0 Å². The van der Waals surface area contributed by atoms with Gasteiger partial charge >= 0.3 is 11.9 Å². The van der Waals surface area contributed by atoms with Crippen molar-refractivity contribution < 1.29 is 24.2 Å². The topological polar surface area (TPSA) is 72.8 Å². The number of aliphatic hydroxyl groups is 1. The maximum Gasteiger partial charge on any atom is 0.336 e. The fourth-order valence-corrected chi connectivity index (χ4v) is 5.90. The molecule has 1 heterocycles. The summed E-state index contributed by atoms with van der Waals surface area (Å²) in [5, 5.41) is 9.47. The van der Waals surface area contributed by atoms with Crippen molar-refractivity contribution in [3.8, 4) is 0 Å². The van der Waals surface area contributed by atoms with E-state index < -0.39 is 17.7 Å². The molecule has 3 rings (SSSR count). The van der Waals surface area contributed by atoms with E-state index in [1.165, 1.54) is 18.8 Å². The third-order valence-electron chi connectivity index (χ3n) is 7.21. The minimum atomic E-state index is -1.12. The molecule has 0 aromatic carbocycles. The molecule has 1 N–H and O–H groups in total. The van der Waals surface area contributed by atoms with Crippen molar-refractivity contribution in [2.45, 2.75) is 65.1 Å². The number of esters is 2. The second kappa shape index (κ2) is 6.84. The van der Waals surface area contributed by atoms with E-state index in [0.717, 1.165) is 38.5 Å². The Morgan fingerprint density at radius 1 is 1.42 bits per heavy atom. The molecule has 1 aliphatic heterocycles. The highest BCUT2D eigenvalue weighted by Crippen LogP contribution is 2.62. The van der Waals surface area contributed by atoms with Crippen molar-refractivity contribution in [3.63, 3.8) is 0 Å². The first-order valence-electron chi connectivity index (χ1n) is 9.58. The zero-order valence-electron chi connectivity index (χ0n) is 16.0. The Balaban J connectivity index is 1.83. The molecule has 0 radical (unpaired) electrons. The van der Waals surface area contributed by atoms with Gasteiger partial charge in [0.15, 0.2) is 0 Å². The Morgan fingerprint density at radius 3 is 2.77 bits per heavy atom. The fourth-order valence-electron chi connectivity index (χ4n) is 5.90. The molecule has 2 fully saturated rings. The zero-order chi connectivity index (χ0) is 19.1. The summed E-state index contributed by atoms with van der Waals surface area (Å²) in [6.45, 7) is 8.66. The molecule has 5 heteroatoms. The number of ether oxygens (including phenoxy) is 2. The van der Waals surface area contributed by atoms with E-state index in [1.807, 2.05) is 0 Å². The maximum absolute atomic E-state index is 12.6. The first-order valence-corrected chi connectivity index (χ1v) is 9.58. The molecule has 144 valence electrons. The molecule has 5 atom stereocenters. The van der Waals surface area contributed by atoms with Crippen LogP contribution >= 0.6 is 0 Å². The van der Waals surface area contributed by atoms with Crippen molar-refractivity contribution in [1.82, 2.24) is 0 Å². The van der Waals surface area contributed by atoms with Crippen LogP contribution in [0.4, 0.5) is 0 Å². The molecule has 5 nitrogen and oxygen atoms in total. The lowest BCUT2D eigenvalue weighted by Gasteiger charge is -2.57. The molecular weight excluding hydrogens is 332 g/mol. The predicted octanol–water partition coefficient (Wildman–Crippen LogP) is 3.52. The Morgan fingerprint density at radius 2 is 2.15 bits per heavy atom. The quantitative estimate of drug-likeness (QED) is 0.612. The van der Waals surface area contributed by atoms with Crippen LogP contribution in [-0.2, 0) is 19.1 Å². The monoisotopic (exact) mass is 362 g/mol. The van der Waals surface area contributed by atoms with Gasteiger partial charge in [0, 0.05) is 5.57 Å². The van der Waals surface area contributed by atoms with Crippen molar-refractivity contribution in [2.24, 2.45) is 22.7 Å². The van der Waals surface area contributed by atoms with Crippen molar-refractivity contribution in [3.05, 3.63) is 23.8 Å². The number of aliphatic hydroxyl groups excluding tert-OH is 1. The molecule has 0 bridgehead atoms. The minimum Gasteiger partial charge on any atom is -0.469 e. The normalized spacial score (nSPS) is 39.8. The third-order valence-corrected chi connectivity index (χ3v) is 7.21. The highest BCUT2D eigenvalue weighted by molar-refractivity contribution is 5.90. The molecule has 5 unspecified atom stereocenters. The number of hydrogen-bond donors (Lipinski definition) is 1. The number of hydrogen-bond acceptors (Lipinski definition) is 5. The average Bonchev–Trinajstić information content (AvgIpc) is 2.90. The second-order valence-electron chi connectivity index (χ2n) is 8.60. The zero-order valence-corrected chi connectivity index (χ0v) is 16.0. The average molecular weight is 362 g/mol. The number of cyclic esters (lactones) is 1. The molecule has 3 aliphatic rings. The standard InChI is InChI=1S/C21H30O5/c1-13-6-9-16-20(2,10-5-11-21(16,3)19(24)25-4)15(13)8-7-14-12-17(22)26-18(14)23/h12,15-17,22H,1,5-11H2,2-4H3. The molecule has 0 aromatic rings. The summed E-state index contributed by atoms with van der Waals surface area (Å²) in [7, 11) is 1.47. The van der Waals surface area contributed by atoms with Crippen LogP contribution in [0.15, 0.2) is 23.8 Å². The van der Waals surface area contributed by atoms with Crippen LogP contribution in [0.25, 0.3) is 0 Å². The summed E-state index contributed by atoms with van der Waals surface area (Å²) in [6.07, 6.45) is 6.51. The van der Waals surface area contributed by atoms with Crippen molar-refractivity contribution in [2.75, 3.05) is 7.11 Å². The lowest BCUT2D eigenvalue weighted by atomic mass is 9.46. The highest BCUT2D eigenvalue weighted by atomic mass is 16.6. The van der Waals surface area contributed by atoms with Crippen LogP contribution in [-0.4, -0.2) is 30.4 Å². The van der Waals surface area contributed by atoms with Gasteiger partial charge in [0.25, 0.3) is 0 Å². The number of carbonyl (C=O) groups excluding carboxylic acids is 2. The largest absolute Gasteiger partial charge is 0.469 e. The number of carbonyl (C=O) groups is 2. The van der Waals surface area contributed by atoms with E-state index in [4.69, 9.17) is 9.47 Å². The molecular formula is C21H30O5. The second-order valence-corrected chi connectivity index (χ2v) is 8.60. The Bertz CT molecular complexity index is 651. The van der Waals surface area contributed by atoms with Crippen LogP contribution in [0, 0.1) is 22.7 Å². The summed E-state index contributed by atoms with van der Waals surface area (Å²) < 4.78 is 9.95. The van der Waals surface area contributed by atoms with Crippen LogP contribution in [0.3, 0.4) is 0 Å². The van der Waals surface area contributed by atoms with Gasteiger partial charge in [0.05, 0.1) is 12.5 Å². The van der Waals surface area contributed by atoms with Crippen LogP contribution < -0.4 is 0 Å². The Hall–Kier alpha value is -1.62. The van der Waals surface area contributed by atoms with E-state index in [-0.39, 0.29) is 23.2 Å². The summed E-state index contributed by atoms with van der Waals surface area (Å²) in [6, 6.07) is 0. The highest BCUT2D eigenvalue weighted by Gasteiger charge is 2.57. The van der Waals surface area contributed by atoms with Crippen LogP contribution in [0.5, 0.6) is 0 Å². The molecule has 0 aromatic heterocycles. The van der Waals surface area contributed by atoms with Gasteiger partial charge < -0.3 is 14.6 Å². The molecule has 2 saturated carbocycles. The first-order chi connectivity index (χ1) is 12.2. The van der Waals surface area contributed by atoms with Gasteiger partial charge in [-0.25, -0.2) is 4.79 Å². The van der Waals surface area contributed by atoms with Gasteiger partial charge in [0.1, 0.15) is 0 Å². The lowest BCUT2D eigenvalue weighted by Crippen LogP contribution is -2.53. The Labute approximate surface area is 155 Å². The van der Waals surface area contributed by atoms with Gasteiger partial charge in [-0.05, 0) is 68.8 Å². The smallest absolute Gasteiger partial charge is 0.336 e. The minimum absolute atomic E-state index is 0.0296. The van der Waals surface area contributed by atoms with E-state index in [1.54, 1.807) is 0 Å². The van der Waals surface area contributed by atoms with Crippen LogP contribution in [0.2, 0.25) is 0 Å². The van der Waals surface area contributed by atoms with Crippen molar-refractivity contribution in [1.29, 1.82) is 0 Å². The van der Waals surface area contributed by atoms with Gasteiger partial charge in [-0.2, -0.15) is 0 Å². The molecule has 0 spiro atoms. The van der Waals surface area contributed by atoms with Gasteiger partial charge in [-0.1, -0.05) is 25.5 Å². The Kier molecular flexibility index (Phi) is 5.04. The number of rotatable bonds is 4. The van der Waals surface area contributed by atoms with E-state index >= 15 is 0 Å². The van der Waals surface area contributed by atoms with Gasteiger partial charge in [-0.3, -0.25) is 4.79 Å². The van der Waals surface area contributed by atoms with E-state index in [9.17, 15) is 14.7 Å². The number of methoxy groups -OCH3 is 1. The fraction of sp³-hybridized carbons (Fsp3) is 0.714. The summed E-state index contributed by atoms with van der Waals surface area (Å²) in [5.74, 6) is -0.0349. The third kappa shape index (κ3) is 3.00. The SMILES string of the molecule is C=C1CCC2C(C)(C(=O)OC)CCCC2(C)C1CCC1=CC(O)OC1=O. The molecule has 0 amide bonds. The number of fused-ring (bicyclic) bond motifs is 1. The van der Waals surface area contributed by atoms with Gasteiger partial charge in [-0.15, -0.1) is 0 Å². The summed E-state index contributed by atoms with van der Waals surface area (Å²) in [4.78, 5) is 24.4.